The van der Waals surface area contributed by atoms with E-state index in [1.807, 2.05) is 0 Å². The summed E-state index contributed by atoms with van der Waals surface area (Å²) >= 11 is 1.54. The highest BCUT2D eigenvalue weighted by atomic mass is 35.5. The third-order valence-electron chi connectivity index (χ3n) is 2.55. The Balaban J connectivity index is 0.00000225. The van der Waals surface area contributed by atoms with E-state index in [4.69, 9.17) is 15.2 Å². The van der Waals surface area contributed by atoms with Crippen molar-refractivity contribution in [3.63, 3.8) is 0 Å². The lowest BCUT2D eigenvalue weighted by atomic mass is 10.0. The Morgan fingerprint density at radius 3 is 2.25 bits per heavy atom. The first-order chi connectivity index (χ1) is 7.13. The Bertz CT molecular complexity index is 328. The molecule has 5 heteroatoms. The summed E-state index contributed by atoms with van der Waals surface area (Å²) in [6.07, 6.45) is 1.83. The summed E-state index contributed by atoms with van der Waals surface area (Å²) in [6, 6.07) is 0.192. The molecular formula is C11H20ClNO2S. The van der Waals surface area contributed by atoms with Crippen LogP contribution < -0.4 is 15.2 Å². The van der Waals surface area contributed by atoms with E-state index in [2.05, 4.69) is 13.8 Å². The van der Waals surface area contributed by atoms with Crippen LogP contribution in [0.4, 0.5) is 0 Å². The van der Waals surface area contributed by atoms with Gasteiger partial charge in [-0.2, -0.15) is 0 Å². The zero-order valence-electron chi connectivity index (χ0n) is 10.2. The third kappa shape index (κ3) is 3.27. The van der Waals surface area contributed by atoms with Crippen LogP contribution in [0.3, 0.4) is 0 Å². The smallest absolute Gasteiger partial charge is 0.180 e. The van der Waals surface area contributed by atoms with Crippen molar-refractivity contribution in [3.8, 4) is 10.1 Å². The van der Waals surface area contributed by atoms with Crippen LogP contribution in [0, 0.1) is 6.92 Å². The van der Waals surface area contributed by atoms with Crippen LogP contribution in [0.15, 0.2) is 0 Å². The summed E-state index contributed by atoms with van der Waals surface area (Å²) < 4.78 is 10.6. The van der Waals surface area contributed by atoms with Crippen LogP contribution in [-0.4, -0.2) is 20.3 Å². The lowest BCUT2D eigenvalue weighted by Gasteiger charge is -2.09. The van der Waals surface area contributed by atoms with Gasteiger partial charge in [0.1, 0.15) is 0 Å². The van der Waals surface area contributed by atoms with Gasteiger partial charge in [0.2, 0.25) is 0 Å². The molecule has 1 aromatic rings. The van der Waals surface area contributed by atoms with Crippen LogP contribution >= 0.6 is 23.7 Å². The SMILES string of the molecule is CC[C@@H](N)Cc1c(OC)sc(OC)c1C.Cl. The van der Waals surface area contributed by atoms with E-state index in [1.54, 1.807) is 14.2 Å². The van der Waals surface area contributed by atoms with Gasteiger partial charge < -0.3 is 15.2 Å². The highest BCUT2D eigenvalue weighted by Crippen LogP contribution is 2.40. The van der Waals surface area contributed by atoms with Crippen molar-refractivity contribution < 1.29 is 9.47 Å². The van der Waals surface area contributed by atoms with Crippen molar-refractivity contribution in [2.24, 2.45) is 5.73 Å². The molecule has 0 aliphatic rings. The van der Waals surface area contributed by atoms with Crippen molar-refractivity contribution in [2.75, 3.05) is 14.2 Å². The van der Waals surface area contributed by atoms with E-state index in [1.165, 1.54) is 16.9 Å². The molecule has 1 aromatic heterocycles. The van der Waals surface area contributed by atoms with Crippen LogP contribution in [0.5, 0.6) is 10.1 Å². The predicted molar refractivity (Wildman–Crippen MR) is 71.4 cm³/mol. The minimum Gasteiger partial charge on any atom is -0.487 e. The van der Waals surface area contributed by atoms with E-state index in [9.17, 15) is 0 Å². The third-order valence-corrected chi connectivity index (χ3v) is 3.81. The topological polar surface area (TPSA) is 44.5 Å². The summed E-state index contributed by atoms with van der Waals surface area (Å²) in [5.41, 5.74) is 8.30. The van der Waals surface area contributed by atoms with Gasteiger partial charge in [0, 0.05) is 17.2 Å². The first-order valence-electron chi connectivity index (χ1n) is 5.09. The van der Waals surface area contributed by atoms with Crippen LogP contribution in [-0.2, 0) is 6.42 Å². The van der Waals surface area contributed by atoms with Gasteiger partial charge in [0.15, 0.2) is 10.1 Å². The molecular weight excluding hydrogens is 246 g/mol. The molecule has 1 heterocycles. The number of hydrogen-bond donors (Lipinski definition) is 1. The molecule has 0 radical (unpaired) electrons. The van der Waals surface area contributed by atoms with Gasteiger partial charge in [-0.25, -0.2) is 0 Å². The number of thiophene rings is 1. The highest BCUT2D eigenvalue weighted by Gasteiger charge is 2.17. The maximum atomic E-state index is 5.96. The summed E-state index contributed by atoms with van der Waals surface area (Å²) in [7, 11) is 3.37. The monoisotopic (exact) mass is 265 g/mol. The van der Waals surface area contributed by atoms with Crippen LogP contribution in [0.1, 0.15) is 24.5 Å². The van der Waals surface area contributed by atoms with Gasteiger partial charge in [-0.15, -0.1) is 12.4 Å². The fraction of sp³-hybridized carbons (Fsp3) is 0.636. The van der Waals surface area contributed by atoms with E-state index in [-0.39, 0.29) is 18.4 Å². The van der Waals surface area contributed by atoms with E-state index < -0.39 is 0 Å². The Morgan fingerprint density at radius 2 is 1.81 bits per heavy atom. The molecule has 0 amide bonds. The number of ether oxygens (including phenoxy) is 2. The highest BCUT2D eigenvalue weighted by molar-refractivity contribution is 7.16. The average molecular weight is 266 g/mol. The van der Waals surface area contributed by atoms with Crippen LogP contribution in [0.2, 0.25) is 0 Å². The minimum atomic E-state index is 0. The summed E-state index contributed by atoms with van der Waals surface area (Å²) in [6.45, 7) is 4.14. The Labute approximate surface area is 107 Å². The first kappa shape index (κ1) is 15.6. The second-order valence-corrected chi connectivity index (χ2v) is 4.51. The van der Waals surface area contributed by atoms with Gasteiger partial charge >= 0.3 is 0 Å². The number of methoxy groups -OCH3 is 2. The molecule has 1 rings (SSSR count). The normalized spacial score (nSPS) is 11.8. The maximum Gasteiger partial charge on any atom is 0.180 e. The minimum absolute atomic E-state index is 0. The molecule has 94 valence electrons. The second-order valence-electron chi connectivity index (χ2n) is 3.56. The quantitative estimate of drug-likeness (QED) is 0.890. The van der Waals surface area contributed by atoms with Gasteiger partial charge in [0.25, 0.3) is 0 Å². The molecule has 0 saturated carbocycles. The molecule has 0 spiro atoms. The molecule has 0 bridgehead atoms. The molecule has 0 fully saturated rings. The van der Waals surface area contributed by atoms with Gasteiger partial charge in [0.05, 0.1) is 14.2 Å². The summed E-state index contributed by atoms with van der Waals surface area (Å²) in [5, 5.41) is 1.85. The molecule has 0 unspecified atom stereocenters. The fourth-order valence-electron chi connectivity index (χ4n) is 1.50. The molecule has 1 atom stereocenters. The largest absolute Gasteiger partial charge is 0.487 e. The number of hydrogen-bond acceptors (Lipinski definition) is 4. The summed E-state index contributed by atoms with van der Waals surface area (Å²) in [5.74, 6) is 0. The van der Waals surface area contributed by atoms with E-state index in [0.29, 0.717) is 0 Å². The van der Waals surface area contributed by atoms with Gasteiger partial charge in [-0.3, -0.25) is 0 Å². The van der Waals surface area contributed by atoms with Gasteiger partial charge in [-0.05, 0) is 19.8 Å². The van der Waals surface area contributed by atoms with Crippen molar-refractivity contribution >= 4 is 23.7 Å². The Hall–Kier alpha value is -0.450. The van der Waals surface area contributed by atoms with Crippen molar-refractivity contribution in [1.82, 2.24) is 0 Å². The fourth-order valence-corrected chi connectivity index (χ4v) is 2.47. The van der Waals surface area contributed by atoms with Gasteiger partial charge in [-0.1, -0.05) is 18.3 Å². The zero-order chi connectivity index (χ0) is 11.4. The number of halogens is 1. The van der Waals surface area contributed by atoms with Crippen LogP contribution in [0.25, 0.3) is 0 Å². The second kappa shape index (κ2) is 6.99. The maximum absolute atomic E-state index is 5.96. The number of rotatable bonds is 5. The Kier molecular flexibility index (Phi) is 6.79. The van der Waals surface area contributed by atoms with Crippen molar-refractivity contribution in [3.05, 3.63) is 11.1 Å². The molecule has 0 saturated heterocycles. The van der Waals surface area contributed by atoms with E-state index >= 15 is 0 Å². The van der Waals surface area contributed by atoms with Crippen molar-refractivity contribution in [2.45, 2.75) is 32.7 Å². The molecule has 2 N–H and O–H groups in total. The molecule has 0 aliphatic carbocycles. The molecule has 3 nitrogen and oxygen atoms in total. The standard InChI is InChI=1S/C11H19NO2S.ClH/c1-5-8(12)6-9-7(2)10(13-3)15-11(9)14-4;/h8H,5-6,12H2,1-4H3;1H/t8-;/m1./s1. The number of nitrogens with two attached hydrogens (primary N) is 1. The lowest BCUT2D eigenvalue weighted by Crippen LogP contribution is -2.21. The first-order valence-corrected chi connectivity index (χ1v) is 5.91. The van der Waals surface area contributed by atoms with Crippen molar-refractivity contribution in [1.29, 1.82) is 0 Å². The predicted octanol–water partition coefficient (Wildman–Crippen LogP) is 2.78. The average Bonchev–Trinajstić information content (AvgIpc) is 2.55. The zero-order valence-corrected chi connectivity index (χ0v) is 11.8. The molecule has 0 aliphatic heterocycles. The lowest BCUT2D eigenvalue weighted by molar-refractivity contribution is 0.420. The summed E-state index contributed by atoms with van der Waals surface area (Å²) in [4.78, 5) is 0. The Morgan fingerprint density at radius 1 is 1.25 bits per heavy atom. The molecule has 0 aromatic carbocycles. The van der Waals surface area contributed by atoms with E-state index in [0.717, 1.165) is 28.5 Å². The molecule has 16 heavy (non-hydrogen) atoms.